The molecule has 0 saturated carbocycles. The Hall–Kier alpha value is -1.71. The van der Waals surface area contributed by atoms with Crippen LogP contribution in [0, 0.1) is 0 Å². The lowest BCUT2D eigenvalue weighted by Crippen LogP contribution is -2.39. The second-order valence-corrected chi connectivity index (χ2v) is 3.86. The zero-order valence-electron chi connectivity index (χ0n) is 9.22. The lowest BCUT2D eigenvalue weighted by Gasteiger charge is -2.30. The lowest BCUT2D eigenvalue weighted by atomic mass is 9.76. The lowest BCUT2D eigenvalue weighted by molar-refractivity contribution is -0.148. The highest BCUT2D eigenvalue weighted by atomic mass is 16.5. The van der Waals surface area contributed by atoms with Crippen LogP contribution in [0.4, 0.5) is 0 Å². The molecule has 1 atom stereocenters. The predicted molar refractivity (Wildman–Crippen MR) is 58.7 cm³/mol. The molecule has 0 N–H and O–H groups in total. The average molecular weight is 218 g/mol. The van der Waals surface area contributed by atoms with E-state index < -0.39 is 5.41 Å². The molecule has 0 spiro atoms. The molecule has 0 aromatic carbocycles. The van der Waals surface area contributed by atoms with Crippen LogP contribution in [0.1, 0.15) is 25.1 Å². The molecule has 0 aliphatic heterocycles. The summed E-state index contributed by atoms with van der Waals surface area (Å²) in [5.74, 6) is 0.314. The Morgan fingerprint density at radius 2 is 2.12 bits per heavy atom. The number of rotatable bonds is 2. The number of hydrogen-bond acceptors (Lipinski definition) is 4. The van der Waals surface area contributed by atoms with Crippen LogP contribution in [0.25, 0.3) is 0 Å². The molecule has 1 aromatic heterocycles. The van der Waals surface area contributed by atoms with E-state index in [0.29, 0.717) is 18.7 Å². The Labute approximate surface area is 94.4 Å². The molecule has 16 heavy (non-hydrogen) atoms. The fourth-order valence-corrected chi connectivity index (χ4v) is 2.06. The molecule has 4 heteroatoms. The van der Waals surface area contributed by atoms with E-state index in [1.54, 1.807) is 18.5 Å². The number of aromatic nitrogens is 2. The molecule has 1 aromatic rings. The summed E-state index contributed by atoms with van der Waals surface area (Å²) in [5, 5.41) is 0. The number of ether oxygens (including phenoxy) is 1. The molecule has 1 unspecified atom stereocenters. The van der Waals surface area contributed by atoms with Gasteiger partial charge in [-0.15, -0.1) is 0 Å². The van der Waals surface area contributed by atoms with Gasteiger partial charge in [-0.1, -0.05) is 12.2 Å². The molecule has 1 heterocycles. The van der Waals surface area contributed by atoms with Crippen LogP contribution in [0.15, 0.2) is 30.6 Å². The van der Waals surface area contributed by atoms with Gasteiger partial charge in [-0.3, -0.25) is 4.79 Å². The smallest absolute Gasteiger partial charge is 0.319 e. The van der Waals surface area contributed by atoms with Gasteiger partial charge in [0.25, 0.3) is 0 Å². The number of carbonyl (C=O) groups excluding carboxylic acids is 1. The number of allylic oxidation sites excluding steroid dienone is 2. The highest BCUT2D eigenvalue weighted by Crippen LogP contribution is 2.35. The van der Waals surface area contributed by atoms with Crippen LogP contribution in [0.2, 0.25) is 0 Å². The molecular weight excluding hydrogens is 204 g/mol. The van der Waals surface area contributed by atoms with Crippen molar-refractivity contribution in [3.8, 4) is 0 Å². The van der Waals surface area contributed by atoms with Crippen molar-refractivity contribution in [2.75, 3.05) is 7.11 Å². The van der Waals surface area contributed by atoms with E-state index in [0.717, 1.165) is 6.42 Å². The zero-order chi connectivity index (χ0) is 11.4. The van der Waals surface area contributed by atoms with Gasteiger partial charge in [-0.25, -0.2) is 9.97 Å². The molecule has 2 rings (SSSR count). The van der Waals surface area contributed by atoms with Crippen molar-refractivity contribution in [3.05, 3.63) is 36.4 Å². The van der Waals surface area contributed by atoms with Gasteiger partial charge in [0, 0.05) is 12.4 Å². The van der Waals surface area contributed by atoms with Crippen LogP contribution in [-0.2, 0) is 14.9 Å². The van der Waals surface area contributed by atoms with Crippen molar-refractivity contribution in [1.29, 1.82) is 0 Å². The molecule has 0 fully saturated rings. The van der Waals surface area contributed by atoms with Crippen molar-refractivity contribution in [2.45, 2.75) is 24.7 Å². The summed E-state index contributed by atoms with van der Waals surface area (Å²) in [6.07, 6.45) is 9.56. The van der Waals surface area contributed by atoms with Gasteiger partial charge in [0.05, 0.1) is 7.11 Å². The topological polar surface area (TPSA) is 52.1 Å². The van der Waals surface area contributed by atoms with Crippen LogP contribution < -0.4 is 0 Å². The normalized spacial score (nSPS) is 24.1. The summed E-state index contributed by atoms with van der Waals surface area (Å²) >= 11 is 0. The van der Waals surface area contributed by atoms with Gasteiger partial charge in [0.1, 0.15) is 11.2 Å². The van der Waals surface area contributed by atoms with Crippen LogP contribution >= 0.6 is 0 Å². The molecule has 0 saturated heterocycles. The number of hydrogen-bond donors (Lipinski definition) is 0. The number of methoxy groups -OCH3 is 1. The minimum Gasteiger partial charge on any atom is -0.468 e. The Balaban J connectivity index is 2.42. The molecule has 0 amide bonds. The third kappa shape index (κ3) is 1.71. The SMILES string of the molecule is COC(=O)C1(c2ncccn2)CC=CCC1. The molecule has 84 valence electrons. The molecule has 0 radical (unpaired) electrons. The van der Waals surface area contributed by atoms with Crippen LogP contribution in [0.5, 0.6) is 0 Å². The number of carbonyl (C=O) groups is 1. The van der Waals surface area contributed by atoms with E-state index in [9.17, 15) is 4.79 Å². The quantitative estimate of drug-likeness (QED) is 0.559. The summed E-state index contributed by atoms with van der Waals surface area (Å²) in [5.41, 5.74) is -0.690. The summed E-state index contributed by atoms with van der Waals surface area (Å²) < 4.78 is 4.89. The summed E-state index contributed by atoms with van der Waals surface area (Å²) in [6, 6.07) is 1.74. The number of esters is 1. The standard InChI is InChI=1S/C12H14N2O2/c1-16-11(15)12(6-3-2-4-7-12)10-13-8-5-9-14-10/h2-3,5,8-9H,4,6-7H2,1H3. The highest BCUT2D eigenvalue weighted by Gasteiger charge is 2.43. The van der Waals surface area contributed by atoms with Gasteiger partial charge in [-0.05, 0) is 25.3 Å². The van der Waals surface area contributed by atoms with E-state index in [1.807, 2.05) is 6.08 Å². The Kier molecular flexibility index (Phi) is 2.99. The first-order valence-electron chi connectivity index (χ1n) is 5.30. The largest absolute Gasteiger partial charge is 0.468 e. The van der Waals surface area contributed by atoms with Crippen molar-refractivity contribution >= 4 is 5.97 Å². The maximum Gasteiger partial charge on any atom is 0.319 e. The third-order valence-electron chi connectivity index (χ3n) is 2.94. The van der Waals surface area contributed by atoms with Crippen LogP contribution in [-0.4, -0.2) is 23.0 Å². The minimum absolute atomic E-state index is 0.247. The van der Waals surface area contributed by atoms with Gasteiger partial charge in [0.15, 0.2) is 0 Å². The first-order chi connectivity index (χ1) is 7.79. The van der Waals surface area contributed by atoms with E-state index in [2.05, 4.69) is 16.0 Å². The Morgan fingerprint density at radius 1 is 1.38 bits per heavy atom. The van der Waals surface area contributed by atoms with Gasteiger partial charge in [-0.2, -0.15) is 0 Å². The molecule has 4 nitrogen and oxygen atoms in total. The summed E-state index contributed by atoms with van der Waals surface area (Å²) in [6.45, 7) is 0. The second-order valence-electron chi connectivity index (χ2n) is 3.86. The maximum atomic E-state index is 12.0. The second kappa shape index (κ2) is 4.43. The third-order valence-corrected chi connectivity index (χ3v) is 2.94. The fourth-order valence-electron chi connectivity index (χ4n) is 2.06. The first-order valence-corrected chi connectivity index (χ1v) is 5.30. The van der Waals surface area contributed by atoms with Crippen molar-refractivity contribution < 1.29 is 9.53 Å². The van der Waals surface area contributed by atoms with Gasteiger partial charge >= 0.3 is 5.97 Å². The van der Waals surface area contributed by atoms with E-state index >= 15 is 0 Å². The first kappa shape index (κ1) is 10.8. The maximum absolute atomic E-state index is 12.0. The summed E-state index contributed by atoms with van der Waals surface area (Å²) in [4.78, 5) is 20.3. The predicted octanol–water partition coefficient (Wildman–Crippen LogP) is 1.63. The fraction of sp³-hybridized carbons (Fsp3) is 0.417. The molecule has 1 aliphatic rings. The van der Waals surface area contributed by atoms with Crippen molar-refractivity contribution in [3.63, 3.8) is 0 Å². The van der Waals surface area contributed by atoms with Gasteiger partial charge < -0.3 is 4.74 Å². The van der Waals surface area contributed by atoms with E-state index in [-0.39, 0.29) is 5.97 Å². The Morgan fingerprint density at radius 3 is 2.69 bits per heavy atom. The average Bonchev–Trinajstić information content (AvgIpc) is 2.39. The van der Waals surface area contributed by atoms with Crippen molar-refractivity contribution in [2.24, 2.45) is 0 Å². The minimum atomic E-state index is -0.690. The molecular formula is C12H14N2O2. The van der Waals surface area contributed by atoms with Crippen LogP contribution in [0.3, 0.4) is 0 Å². The zero-order valence-corrected chi connectivity index (χ0v) is 9.22. The monoisotopic (exact) mass is 218 g/mol. The number of nitrogens with zero attached hydrogens (tertiary/aromatic N) is 2. The highest BCUT2D eigenvalue weighted by molar-refractivity contribution is 5.82. The Bertz CT molecular complexity index is 403. The van der Waals surface area contributed by atoms with Gasteiger partial charge in [0.2, 0.25) is 0 Å². The molecule has 0 bridgehead atoms. The van der Waals surface area contributed by atoms with E-state index in [4.69, 9.17) is 4.74 Å². The van der Waals surface area contributed by atoms with E-state index in [1.165, 1.54) is 7.11 Å². The summed E-state index contributed by atoms with van der Waals surface area (Å²) in [7, 11) is 1.41. The van der Waals surface area contributed by atoms with Crippen molar-refractivity contribution in [1.82, 2.24) is 9.97 Å². The molecule has 1 aliphatic carbocycles.